The second-order valence-electron chi connectivity index (χ2n) is 3.93. The quantitative estimate of drug-likeness (QED) is 0.826. The molecule has 90 valence electrons. The number of nitrogens with two attached hydrogens (primary N) is 1. The topological polar surface area (TPSA) is 68.0 Å². The van der Waals surface area contributed by atoms with E-state index in [9.17, 15) is 4.79 Å². The fraction of sp³-hybridized carbons (Fsp3) is 0.636. The van der Waals surface area contributed by atoms with Crippen molar-refractivity contribution < 1.29 is 4.79 Å². The number of nitrogens with zero attached hydrogens (tertiary/aromatic N) is 1. The molecule has 1 aromatic heterocycles. The predicted octanol–water partition coefficient (Wildman–Crippen LogP) is 1.84. The molecular weight excluding hydrogens is 222 g/mol. The maximum atomic E-state index is 12.0. The number of hydrogen-bond donors (Lipinski definition) is 2. The molecule has 1 unspecified atom stereocenters. The van der Waals surface area contributed by atoms with Gasteiger partial charge in [0.25, 0.3) is 0 Å². The van der Waals surface area contributed by atoms with Crippen LogP contribution in [0.2, 0.25) is 0 Å². The third-order valence-electron chi connectivity index (χ3n) is 2.88. The van der Waals surface area contributed by atoms with Gasteiger partial charge in [0.05, 0.1) is 11.6 Å². The van der Waals surface area contributed by atoms with Gasteiger partial charge in [-0.2, -0.15) is 0 Å². The van der Waals surface area contributed by atoms with E-state index in [1.165, 1.54) is 11.3 Å². The Morgan fingerprint density at radius 1 is 1.62 bits per heavy atom. The highest BCUT2D eigenvalue weighted by Crippen LogP contribution is 2.17. The number of carbonyl (C=O) groups excluding carboxylic acids is 1. The highest BCUT2D eigenvalue weighted by atomic mass is 32.1. The van der Waals surface area contributed by atoms with Crippen LogP contribution in [0.15, 0.2) is 11.6 Å². The average molecular weight is 241 g/mol. The molecule has 16 heavy (non-hydrogen) atoms. The van der Waals surface area contributed by atoms with E-state index in [1.807, 2.05) is 26.2 Å². The third-order valence-corrected chi connectivity index (χ3v) is 3.84. The van der Waals surface area contributed by atoms with Crippen LogP contribution in [0.5, 0.6) is 0 Å². The van der Waals surface area contributed by atoms with Gasteiger partial charge in [-0.15, -0.1) is 11.3 Å². The first-order valence-electron chi connectivity index (χ1n) is 5.52. The first-order chi connectivity index (χ1) is 7.53. The molecule has 1 rings (SSSR count). The molecular formula is C11H19N3OS. The zero-order valence-electron chi connectivity index (χ0n) is 9.99. The molecule has 0 aliphatic rings. The highest BCUT2D eigenvalue weighted by molar-refractivity contribution is 7.09. The standard InChI is InChI=1S/C11H19N3OS/c1-4-11(12,5-2)10(15)14-8(3)9-13-6-7-16-9/h6-8H,4-5,12H2,1-3H3,(H,14,15). The third kappa shape index (κ3) is 2.80. The second-order valence-corrected chi connectivity index (χ2v) is 4.85. The van der Waals surface area contributed by atoms with Gasteiger partial charge in [-0.25, -0.2) is 4.98 Å². The maximum absolute atomic E-state index is 12.0. The van der Waals surface area contributed by atoms with Crippen LogP contribution in [-0.2, 0) is 4.79 Å². The van der Waals surface area contributed by atoms with E-state index >= 15 is 0 Å². The summed E-state index contributed by atoms with van der Waals surface area (Å²) in [5.41, 5.74) is 5.25. The SMILES string of the molecule is CCC(N)(CC)C(=O)NC(C)c1nccs1. The molecule has 4 nitrogen and oxygen atoms in total. The van der Waals surface area contributed by atoms with Gasteiger partial charge in [0.2, 0.25) is 5.91 Å². The van der Waals surface area contributed by atoms with Gasteiger partial charge < -0.3 is 11.1 Å². The van der Waals surface area contributed by atoms with E-state index in [1.54, 1.807) is 6.20 Å². The molecule has 0 radical (unpaired) electrons. The largest absolute Gasteiger partial charge is 0.346 e. The van der Waals surface area contributed by atoms with Crippen molar-refractivity contribution in [2.75, 3.05) is 0 Å². The summed E-state index contributed by atoms with van der Waals surface area (Å²) in [6.45, 7) is 5.77. The Morgan fingerprint density at radius 3 is 2.69 bits per heavy atom. The lowest BCUT2D eigenvalue weighted by molar-refractivity contribution is -0.127. The number of rotatable bonds is 5. The Balaban J connectivity index is 2.64. The molecule has 0 aliphatic carbocycles. The molecule has 0 aliphatic heterocycles. The summed E-state index contributed by atoms with van der Waals surface area (Å²) in [7, 11) is 0. The van der Waals surface area contributed by atoms with Crippen LogP contribution in [0.25, 0.3) is 0 Å². The number of thiazole rings is 1. The Labute approximate surface area is 100 Å². The average Bonchev–Trinajstić information content (AvgIpc) is 2.81. The first-order valence-corrected chi connectivity index (χ1v) is 6.40. The molecule has 1 amide bonds. The number of hydrogen-bond acceptors (Lipinski definition) is 4. The fourth-order valence-corrected chi connectivity index (χ4v) is 2.07. The second kappa shape index (κ2) is 5.41. The normalized spacial score (nSPS) is 13.5. The van der Waals surface area contributed by atoms with E-state index in [0.29, 0.717) is 12.8 Å². The number of carbonyl (C=O) groups is 1. The molecule has 3 N–H and O–H groups in total. The zero-order valence-corrected chi connectivity index (χ0v) is 10.8. The molecule has 1 aromatic rings. The van der Waals surface area contributed by atoms with E-state index in [-0.39, 0.29) is 11.9 Å². The fourth-order valence-electron chi connectivity index (χ4n) is 1.42. The molecule has 0 fully saturated rings. The van der Waals surface area contributed by atoms with Crippen LogP contribution in [0.4, 0.5) is 0 Å². The van der Waals surface area contributed by atoms with Crippen LogP contribution in [0.3, 0.4) is 0 Å². The van der Waals surface area contributed by atoms with E-state index < -0.39 is 5.54 Å². The molecule has 1 atom stereocenters. The summed E-state index contributed by atoms with van der Waals surface area (Å²) < 4.78 is 0. The van der Waals surface area contributed by atoms with Crippen LogP contribution in [0, 0.1) is 0 Å². The summed E-state index contributed by atoms with van der Waals surface area (Å²) in [4.78, 5) is 16.1. The first kappa shape index (κ1) is 13.1. The Kier molecular flexibility index (Phi) is 4.44. The Hall–Kier alpha value is -0.940. The highest BCUT2D eigenvalue weighted by Gasteiger charge is 2.31. The monoisotopic (exact) mass is 241 g/mol. The van der Waals surface area contributed by atoms with Crippen molar-refractivity contribution in [1.29, 1.82) is 0 Å². The maximum Gasteiger partial charge on any atom is 0.240 e. The van der Waals surface area contributed by atoms with E-state index in [2.05, 4.69) is 10.3 Å². The lowest BCUT2D eigenvalue weighted by Gasteiger charge is -2.26. The Morgan fingerprint density at radius 2 is 2.25 bits per heavy atom. The van der Waals surface area contributed by atoms with E-state index in [0.717, 1.165) is 5.01 Å². The summed E-state index contributed by atoms with van der Waals surface area (Å²) in [6, 6.07) is -0.0754. The van der Waals surface area contributed by atoms with Crippen molar-refractivity contribution in [3.05, 3.63) is 16.6 Å². The van der Waals surface area contributed by atoms with Gasteiger partial charge in [0, 0.05) is 11.6 Å². The van der Waals surface area contributed by atoms with Gasteiger partial charge in [-0.1, -0.05) is 13.8 Å². The Bertz CT molecular complexity index is 333. The van der Waals surface area contributed by atoms with Crippen molar-refractivity contribution in [3.8, 4) is 0 Å². The van der Waals surface area contributed by atoms with Crippen molar-refractivity contribution in [3.63, 3.8) is 0 Å². The summed E-state index contributed by atoms with van der Waals surface area (Å²) in [5.74, 6) is -0.0970. The smallest absolute Gasteiger partial charge is 0.240 e. The number of nitrogens with one attached hydrogen (secondary N) is 1. The van der Waals surface area contributed by atoms with Gasteiger partial charge in [-0.05, 0) is 19.8 Å². The van der Waals surface area contributed by atoms with Crippen LogP contribution < -0.4 is 11.1 Å². The minimum absolute atomic E-state index is 0.0754. The summed E-state index contributed by atoms with van der Waals surface area (Å²) >= 11 is 1.53. The lowest BCUT2D eigenvalue weighted by atomic mass is 9.93. The lowest BCUT2D eigenvalue weighted by Crippen LogP contribution is -2.53. The summed E-state index contributed by atoms with van der Waals surface area (Å²) in [5, 5.41) is 5.71. The molecule has 0 aromatic carbocycles. The summed E-state index contributed by atoms with van der Waals surface area (Å²) in [6.07, 6.45) is 3.01. The molecule has 0 saturated heterocycles. The zero-order chi connectivity index (χ0) is 12.2. The van der Waals surface area contributed by atoms with Crippen molar-refractivity contribution in [2.24, 2.45) is 5.73 Å². The predicted molar refractivity (Wildman–Crippen MR) is 66.2 cm³/mol. The van der Waals surface area contributed by atoms with Crippen LogP contribution in [-0.4, -0.2) is 16.4 Å². The minimum atomic E-state index is -0.758. The molecule has 1 heterocycles. The number of aromatic nitrogens is 1. The molecule has 0 spiro atoms. The van der Waals surface area contributed by atoms with Gasteiger partial charge >= 0.3 is 0 Å². The molecule has 0 bridgehead atoms. The van der Waals surface area contributed by atoms with Crippen LogP contribution >= 0.6 is 11.3 Å². The minimum Gasteiger partial charge on any atom is -0.346 e. The van der Waals surface area contributed by atoms with Crippen molar-refractivity contribution >= 4 is 17.2 Å². The number of amides is 1. The van der Waals surface area contributed by atoms with Crippen LogP contribution in [0.1, 0.15) is 44.7 Å². The van der Waals surface area contributed by atoms with E-state index in [4.69, 9.17) is 5.73 Å². The van der Waals surface area contributed by atoms with Gasteiger partial charge in [0.15, 0.2) is 0 Å². The molecule has 5 heteroatoms. The van der Waals surface area contributed by atoms with Crippen molar-refractivity contribution in [2.45, 2.75) is 45.2 Å². The van der Waals surface area contributed by atoms with Crippen molar-refractivity contribution in [1.82, 2.24) is 10.3 Å². The van der Waals surface area contributed by atoms with Gasteiger partial charge in [0.1, 0.15) is 5.01 Å². The van der Waals surface area contributed by atoms with Gasteiger partial charge in [-0.3, -0.25) is 4.79 Å². The molecule has 0 saturated carbocycles.